The molecule has 0 aromatic carbocycles. The highest BCUT2D eigenvalue weighted by Crippen LogP contribution is 2.12. The van der Waals surface area contributed by atoms with E-state index in [0.717, 1.165) is 17.0 Å². The number of aromatic nitrogens is 2. The Morgan fingerprint density at radius 2 is 2.25 bits per heavy atom. The van der Waals surface area contributed by atoms with E-state index in [9.17, 15) is 4.79 Å². The maximum atomic E-state index is 12.0. The van der Waals surface area contributed by atoms with E-state index in [1.807, 2.05) is 24.4 Å². The summed E-state index contributed by atoms with van der Waals surface area (Å²) in [5.74, 6) is 0.0485. The van der Waals surface area contributed by atoms with Gasteiger partial charge in [-0.3, -0.25) is 9.78 Å². The van der Waals surface area contributed by atoms with Gasteiger partial charge >= 0.3 is 0 Å². The molecule has 0 saturated carbocycles. The van der Waals surface area contributed by atoms with Crippen LogP contribution in [0.1, 0.15) is 28.0 Å². The largest absolute Gasteiger partial charge is 0.292 e. The van der Waals surface area contributed by atoms with Gasteiger partial charge in [-0.05, 0) is 18.1 Å². The van der Waals surface area contributed by atoms with Crippen molar-refractivity contribution < 1.29 is 4.79 Å². The van der Waals surface area contributed by atoms with Gasteiger partial charge in [-0.25, -0.2) is 4.98 Å². The smallest absolute Gasteiger partial charge is 0.188 e. The van der Waals surface area contributed by atoms with Crippen LogP contribution in [0.5, 0.6) is 0 Å². The quantitative estimate of drug-likeness (QED) is 0.761. The first-order valence-corrected chi connectivity index (χ1v) is 6.04. The summed E-state index contributed by atoms with van der Waals surface area (Å²) < 4.78 is 0. The van der Waals surface area contributed by atoms with Crippen LogP contribution in [-0.2, 0) is 12.8 Å². The molecule has 2 aromatic rings. The van der Waals surface area contributed by atoms with E-state index in [4.69, 9.17) is 0 Å². The fraction of sp³-hybridized carbons (Fsp3) is 0.250. The molecule has 0 N–H and O–H groups in total. The van der Waals surface area contributed by atoms with Gasteiger partial charge in [-0.15, -0.1) is 11.3 Å². The molecule has 0 bridgehead atoms. The van der Waals surface area contributed by atoms with Crippen molar-refractivity contribution in [2.45, 2.75) is 19.8 Å². The number of hydrogen-bond donors (Lipinski definition) is 0. The summed E-state index contributed by atoms with van der Waals surface area (Å²) in [5, 5.41) is 2.72. The number of carbonyl (C=O) groups is 1. The van der Waals surface area contributed by atoms with Crippen LogP contribution in [-0.4, -0.2) is 15.8 Å². The molecule has 2 heterocycles. The lowest BCUT2D eigenvalue weighted by atomic mass is 10.1. The van der Waals surface area contributed by atoms with Gasteiger partial charge in [-0.2, -0.15) is 0 Å². The normalized spacial score (nSPS) is 10.3. The van der Waals surface area contributed by atoms with Crippen molar-refractivity contribution in [3.63, 3.8) is 0 Å². The first kappa shape index (κ1) is 11.0. The number of ketones is 1. The van der Waals surface area contributed by atoms with Gasteiger partial charge in [0.1, 0.15) is 10.7 Å². The average molecular weight is 232 g/mol. The van der Waals surface area contributed by atoms with E-state index in [0.29, 0.717) is 12.1 Å². The Morgan fingerprint density at radius 1 is 1.38 bits per heavy atom. The molecule has 0 aliphatic carbocycles. The Bertz CT molecular complexity index is 480. The summed E-state index contributed by atoms with van der Waals surface area (Å²) in [6.07, 6.45) is 4.55. The molecule has 0 atom stereocenters. The van der Waals surface area contributed by atoms with Crippen LogP contribution in [0.3, 0.4) is 0 Å². The van der Waals surface area contributed by atoms with Crippen LogP contribution < -0.4 is 0 Å². The highest BCUT2D eigenvalue weighted by molar-refractivity contribution is 7.09. The number of aryl methyl sites for hydroxylation is 1. The number of thiazole rings is 1. The van der Waals surface area contributed by atoms with Crippen molar-refractivity contribution in [2.75, 3.05) is 0 Å². The molecule has 2 rings (SSSR count). The van der Waals surface area contributed by atoms with E-state index in [1.54, 1.807) is 12.4 Å². The summed E-state index contributed by atoms with van der Waals surface area (Å²) >= 11 is 1.50. The van der Waals surface area contributed by atoms with Gasteiger partial charge in [-0.1, -0.05) is 13.0 Å². The summed E-state index contributed by atoms with van der Waals surface area (Å²) in [6, 6.07) is 3.81. The molecular formula is C12H12N2OS. The minimum absolute atomic E-state index is 0.0485. The fourth-order valence-electron chi connectivity index (χ4n) is 1.54. The zero-order chi connectivity index (χ0) is 11.4. The van der Waals surface area contributed by atoms with Crippen molar-refractivity contribution in [1.29, 1.82) is 0 Å². The van der Waals surface area contributed by atoms with Crippen molar-refractivity contribution in [1.82, 2.24) is 9.97 Å². The third-order valence-corrected chi connectivity index (χ3v) is 3.11. The Balaban J connectivity index is 2.21. The zero-order valence-electron chi connectivity index (χ0n) is 9.01. The molecule has 3 nitrogen and oxygen atoms in total. The van der Waals surface area contributed by atoms with Crippen LogP contribution >= 0.6 is 11.3 Å². The number of Topliss-reactive ketones (excluding diaryl/α,β-unsaturated/α-hetero) is 1. The van der Waals surface area contributed by atoms with Gasteiger partial charge in [0.15, 0.2) is 5.78 Å². The summed E-state index contributed by atoms with van der Waals surface area (Å²) in [4.78, 5) is 20.3. The molecule has 0 amide bonds. The lowest BCUT2D eigenvalue weighted by molar-refractivity contribution is 0.0987. The molecule has 16 heavy (non-hydrogen) atoms. The molecule has 0 unspecified atom stereocenters. The number of hydrogen-bond acceptors (Lipinski definition) is 4. The van der Waals surface area contributed by atoms with E-state index >= 15 is 0 Å². The van der Waals surface area contributed by atoms with Gasteiger partial charge in [0.2, 0.25) is 0 Å². The number of nitrogens with zero attached hydrogens (tertiary/aromatic N) is 2. The van der Waals surface area contributed by atoms with E-state index in [1.165, 1.54) is 11.3 Å². The zero-order valence-corrected chi connectivity index (χ0v) is 9.83. The van der Waals surface area contributed by atoms with Crippen LogP contribution in [0, 0.1) is 0 Å². The van der Waals surface area contributed by atoms with E-state index in [-0.39, 0.29) is 5.78 Å². The second-order valence-corrected chi connectivity index (χ2v) is 4.37. The molecular weight excluding hydrogens is 220 g/mol. The molecule has 82 valence electrons. The number of pyridine rings is 1. The van der Waals surface area contributed by atoms with Crippen LogP contribution in [0.4, 0.5) is 0 Å². The standard InChI is InChI=1S/C12H12N2OS/c1-2-9-4-3-5-14-12(9)10(15)8-11-13-6-7-16-11/h3-7H,2,8H2,1H3. The maximum absolute atomic E-state index is 12.0. The molecule has 0 spiro atoms. The van der Waals surface area contributed by atoms with Gasteiger partial charge in [0.05, 0.1) is 6.42 Å². The minimum Gasteiger partial charge on any atom is -0.292 e. The first-order valence-electron chi connectivity index (χ1n) is 5.16. The van der Waals surface area contributed by atoms with Crippen LogP contribution in [0.15, 0.2) is 29.9 Å². The fourth-order valence-corrected chi connectivity index (χ4v) is 2.15. The lowest BCUT2D eigenvalue weighted by Gasteiger charge is -2.03. The molecule has 0 aliphatic rings. The maximum Gasteiger partial charge on any atom is 0.188 e. The van der Waals surface area contributed by atoms with Crippen LogP contribution in [0.25, 0.3) is 0 Å². The monoisotopic (exact) mass is 232 g/mol. The van der Waals surface area contributed by atoms with Crippen LogP contribution in [0.2, 0.25) is 0 Å². The number of rotatable bonds is 4. The molecule has 0 aliphatic heterocycles. The molecule has 2 aromatic heterocycles. The van der Waals surface area contributed by atoms with Gasteiger partial charge in [0, 0.05) is 17.8 Å². The third-order valence-electron chi connectivity index (χ3n) is 2.33. The topological polar surface area (TPSA) is 42.9 Å². The molecule has 0 saturated heterocycles. The van der Waals surface area contributed by atoms with Crippen molar-refractivity contribution in [3.8, 4) is 0 Å². The molecule has 4 heteroatoms. The van der Waals surface area contributed by atoms with Gasteiger partial charge in [0.25, 0.3) is 0 Å². The van der Waals surface area contributed by atoms with E-state index < -0.39 is 0 Å². The van der Waals surface area contributed by atoms with Crippen molar-refractivity contribution in [2.24, 2.45) is 0 Å². The molecule has 0 fully saturated rings. The highest BCUT2D eigenvalue weighted by Gasteiger charge is 2.13. The second-order valence-electron chi connectivity index (χ2n) is 3.39. The average Bonchev–Trinajstić information content (AvgIpc) is 2.81. The Kier molecular flexibility index (Phi) is 3.41. The van der Waals surface area contributed by atoms with Gasteiger partial charge < -0.3 is 0 Å². The SMILES string of the molecule is CCc1cccnc1C(=O)Cc1nccs1. The van der Waals surface area contributed by atoms with Crippen molar-refractivity contribution in [3.05, 3.63) is 46.2 Å². The third kappa shape index (κ3) is 2.33. The minimum atomic E-state index is 0.0485. The summed E-state index contributed by atoms with van der Waals surface area (Å²) in [5.41, 5.74) is 1.59. The Labute approximate surface area is 98.2 Å². The second kappa shape index (κ2) is 4.99. The van der Waals surface area contributed by atoms with Crippen molar-refractivity contribution >= 4 is 17.1 Å². The predicted octanol–water partition coefficient (Wildman–Crippen LogP) is 2.53. The summed E-state index contributed by atoms with van der Waals surface area (Å²) in [7, 11) is 0. The Morgan fingerprint density at radius 3 is 2.94 bits per heavy atom. The first-order chi connectivity index (χ1) is 7.81. The van der Waals surface area contributed by atoms with E-state index in [2.05, 4.69) is 9.97 Å². The predicted molar refractivity (Wildman–Crippen MR) is 63.8 cm³/mol. The lowest BCUT2D eigenvalue weighted by Crippen LogP contribution is -2.09. The summed E-state index contributed by atoms with van der Waals surface area (Å²) in [6.45, 7) is 2.02. The number of carbonyl (C=O) groups excluding carboxylic acids is 1. The Hall–Kier alpha value is -1.55. The molecule has 0 radical (unpaired) electrons. The highest BCUT2D eigenvalue weighted by atomic mass is 32.1.